The minimum Gasteiger partial charge on any atom is -0.468 e. The lowest BCUT2D eigenvalue weighted by atomic mass is 9.87. The molecule has 344 valence electrons. The van der Waals surface area contributed by atoms with E-state index in [-0.39, 0.29) is 18.3 Å². The molecule has 1 aliphatic carbocycles. The molecule has 3 aromatic rings. The Balaban J connectivity index is 1.25. The number of aromatic amines is 3. The molecular formula is C55H74N4O5. The predicted octanol–water partition coefficient (Wildman–Crippen LogP) is 10.9. The van der Waals surface area contributed by atoms with Gasteiger partial charge < -0.3 is 29.7 Å². The van der Waals surface area contributed by atoms with Crippen molar-refractivity contribution in [1.29, 1.82) is 0 Å². The summed E-state index contributed by atoms with van der Waals surface area (Å²) in [5.41, 5.74) is 12.1. The third-order valence-electron chi connectivity index (χ3n) is 14.2. The van der Waals surface area contributed by atoms with Crippen LogP contribution in [0, 0.1) is 56.3 Å². The summed E-state index contributed by atoms with van der Waals surface area (Å²) in [5, 5.41) is 5.59. The number of hydrogen-bond acceptors (Lipinski definition) is 6. The van der Waals surface area contributed by atoms with Crippen molar-refractivity contribution >= 4 is 47.6 Å². The molecule has 6 rings (SSSR count). The molecule has 5 heterocycles. The summed E-state index contributed by atoms with van der Waals surface area (Å²) >= 11 is 0. The van der Waals surface area contributed by atoms with Gasteiger partial charge in [-0.3, -0.25) is 9.59 Å². The lowest BCUT2D eigenvalue weighted by Gasteiger charge is -2.17. The van der Waals surface area contributed by atoms with Crippen molar-refractivity contribution in [2.24, 2.45) is 35.5 Å². The zero-order valence-electron chi connectivity index (χ0n) is 40.5. The van der Waals surface area contributed by atoms with Gasteiger partial charge in [-0.05, 0) is 111 Å². The largest absolute Gasteiger partial charge is 0.468 e. The van der Waals surface area contributed by atoms with Crippen LogP contribution in [0.15, 0.2) is 41.8 Å². The quantitative estimate of drug-likeness (QED) is 0.0411. The number of allylic oxidation sites excluding steroid dienone is 3. The highest BCUT2D eigenvalue weighted by Crippen LogP contribution is 2.47. The molecular weight excluding hydrogens is 797 g/mol. The van der Waals surface area contributed by atoms with Gasteiger partial charge in [0, 0.05) is 73.8 Å². The van der Waals surface area contributed by atoms with E-state index < -0.39 is 23.8 Å². The summed E-state index contributed by atoms with van der Waals surface area (Å²) in [4.78, 5) is 52.2. The van der Waals surface area contributed by atoms with Gasteiger partial charge in [0.05, 0.1) is 12.8 Å². The molecule has 5 atom stereocenters. The van der Waals surface area contributed by atoms with Crippen LogP contribution < -0.4 is 16.0 Å². The Morgan fingerprint density at radius 3 is 2.16 bits per heavy atom. The number of ether oxygens (including phenoxy) is 2. The van der Waals surface area contributed by atoms with Crippen LogP contribution in [0.25, 0.3) is 29.9 Å². The maximum absolute atomic E-state index is 14.4. The number of Topliss-reactive ketones (excluding diaryl/α,β-unsaturated/α-hetero) is 1. The van der Waals surface area contributed by atoms with Crippen LogP contribution in [0.5, 0.6) is 0 Å². The first kappa shape index (κ1) is 48.2. The van der Waals surface area contributed by atoms with Crippen molar-refractivity contribution in [3.05, 3.63) is 109 Å². The molecule has 0 radical (unpaired) electrons. The fraction of sp³-hybridized carbons (Fsp3) is 0.509. The number of methoxy groups -OCH3 is 1. The molecule has 3 aliphatic rings. The minimum atomic E-state index is -1.18. The first-order chi connectivity index (χ1) is 30.6. The van der Waals surface area contributed by atoms with Crippen LogP contribution in [0.4, 0.5) is 0 Å². The maximum atomic E-state index is 14.4. The Labute approximate surface area is 381 Å². The second-order valence-corrected chi connectivity index (χ2v) is 19.4. The average Bonchev–Trinajstić information content (AvgIpc) is 3.99. The number of ketones is 1. The molecule has 9 heteroatoms. The molecule has 9 nitrogen and oxygen atoms in total. The number of hydrogen-bond donors (Lipinski definition) is 4. The molecule has 0 amide bonds. The number of carbonyl (C=O) groups is 3. The number of esters is 2. The fourth-order valence-corrected chi connectivity index (χ4v) is 10.1. The number of nitrogens with one attached hydrogen (secondary N) is 4. The van der Waals surface area contributed by atoms with Gasteiger partial charge in [-0.15, -0.1) is 0 Å². The van der Waals surface area contributed by atoms with E-state index in [1.807, 2.05) is 25.2 Å². The van der Waals surface area contributed by atoms with Crippen LogP contribution in [0.3, 0.4) is 0 Å². The summed E-state index contributed by atoms with van der Waals surface area (Å²) in [5.74, 6) is -0.822. The van der Waals surface area contributed by atoms with E-state index in [4.69, 9.17) is 9.47 Å². The lowest BCUT2D eigenvalue weighted by Crippen LogP contribution is -2.25. The lowest BCUT2D eigenvalue weighted by molar-refractivity contribution is -0.142. The summed E-state index contributed by atoms with van der Waals surface area (Å²) in [6.07, 6.45) is 25.6. The van der Waals surface area contributed by atoms with E-state index >= 15 is 0 Å². The smallest absolute Gasteiger partial charge is 0.330 e. The van der Waals surface area contributed by atoms with Gasteiger partial charge in [0.2, 0.25) is 0 Å². The molecule has 1 saturated heterocycles. The molecule has 0 unspecified atom stereocenters. The van der Waals surface area contributed by atoms with Gasteiger partial charge in [0.25, 0.3) is 0 Å². The average molecular weight is 871 g/mol. The topological polar surface area (TPSA) is 129 Å². The highest BCUT2D eigenvalue weighted by Gasteiger charge is 2.48. The zero-order chi connectivity index (χ0) is 46.4. The third-order valence-corrected chi connectivity index (χ3v) is 14.2. The Bertz CT molecular complexity index is 2500. The van der Waals surface area contributed by atoms with E-state index in [0.29, 0.717) is 28.4 Å². The first-order valence-corrected chi connectivity index (χ1v) is 23.9. The van der Waals surface area contributed by atoms with E-state index in [1.165, 1.54) is 69.3 Å². The Morgan fingerprint density at radius 2 is 1.50 bits per heavy atom. The minimum absolute atomic E-state index is 0.174. The number of carbonyl (C=O) groups excluding carboxylic acids is 3. The van der Waals surface area contributed by atoms with E-state index in [2.05, 4.69) is 107 Å². The summed E-state index contributed by atoms with van der Waals surface area (Å²) in [6, 6.07) is 0. The number of fused-ring (bicyclic) bond motifs is 7. The standard InChI is InChI=1S/C55H74N4O5/c1-13-39-35(8)42-28-44-37(10)41(24-25-48(60)64-27-26-34(7)23-17-22-33(6)21-16-20-32(5)19-15-18-31(3)4)52(58-44)50-51(55(62)63-12)54(61)49-38(11)45(59-53(49)50)30-47-40(14-2)36(9)43(57-47)29-46(39)56-42/h13,24-26,28-33,37,41,51,56-59H,1,14-23,27H2,2-12H3/b25-24+,34-26+,43-29-,44-28-,47-30-,52-50-/t32-,33-,37+,41+,51-/m1/s1. The number of H-pyrrole nitrogens is 3. The van der Waals surface area contributed by atoms with Crippen molar-refractivity contribution in [3.63, 3.8) is 0 Å². The number of rotatable bonds is 19. The molecule has 0 saturated carbocycles. The molecule has 64 heavy (non-hydrogen) atoms. The second kappa shape index (κ2) is 21.1. The van der Waals surface area contributed by atoms with Crippen LogP contribution in [0.1, 0.15) is 167 Å². The van der Waals surface area contributed by atoms with Crippen molar-refractivity contribution in [2.45, 2.75) is 133 Å². The van der Waals surface area contributed by atoms with Crippen LogP contribution >= 0.6 is 0 Å². The normalized spacial score (nSPS) is 22.1. The van der Waals surface area contributed by atoms with Gasteiger partial charge in [0.1, 0.15) is 12.5 Å². The van der Waals surface area contributed by atoms with Gasteiger partial charge in [-0.1, -0.05) is 111 Å². The van der Waals surface area contributed by atoms with Crippen LogP contribution in [0.2, 0.25) is 0 Å². The number of aromatic nitrogens is 3. The monoisotopic (exact) mass is 871 g/mol. The van der Waals surface area contributed by atoms with Crippen molar-refractivity contribution in [2.75, 3.05) is 13.7 Å². The van der Waals surface area contributed by atoms with Crippen LogP contribution in [-0.4, -0.2) is 46.4 Å². The van der Waals surface area contributed by atoms with Gasteiger partial charge in [-0.25, -0.2) is 4.79 Å². The molecule has 8 bridgehead atoms. The summed E-state index contributed by atoms with van der Waals surface area (Å²) in [7, 11) is 1.31. The van der Waals surface area contributed by atoms with E-state index in [0.717, 1.165) is 86.8 Å². The molecule has 1 fully saturated rings. The second-order valence-electron chi connectivity index (χ2n) is 19.4. The summed E-state index contributed by atoms with van der Waals surface area (Å²) in [6.45, 7) is 26.2. The third kappa shape index (κ3) is 10.5. The SMILES string of the molecule is C=Cc1c2[nH]c(c1C)/C=C1\N/C(=C3\c4[nH]c(c(C)c4C(=O)[C@@H]3C(=O)OC)/C=c3\[nH]/c(c(C)c3CC)=C\2)[C@@H](/C=C/C(=O)OC/C=C(\C)CCC[C@H](C)CCC[C@H](C)CCCC(C)C)[C@@H]1C. The van der Waals surface area contributed by atoms with Gasteiger partial charge in [0.15, 0.2) is 5.78 Å². The molecule has 0 aromatic carbocycles. The Morgan fingerprint density at radius 1 is 0.844 bits per heavy atom. The first-order valence-electron chi connectivity index (χ1n) is 23.9. The fourth-order valence-electron chi connectivity index (χ4n) is 10.1. The molecule has 3 aromatic heterocycles. The molecule has 2 aliphatic heterocycles. The van der Waals surface area contributed by atoms with Gasteiger partial charge in [-0.2, -0.15) is 0 Å². The van der Waals surface area contributed by atoms with Gasteiger partial charge >= 0.3 is 11.9 Å². The Kier molecular flexibility index (Phi) is 15.9. The zero-order valence-corrected chi connectivity index (χ0v) is 40.5. The Hall–Kier alpha value is -5.31. The molecule has 0 spiro atoms. The summed E-state index contributed by atoms with van der Waals surface area (Å²) < 4.78 is 11.0. The highest BCUT2D eigenvalue weighted by molar-refractivity contribution is 6.24. The van der Waals surface area contributed by atoms with Crippen LogP contribution in [-0.2, 0) is 25.5 Å². The highest BCUT2D eigenvalue weighted by atomic mass is 16.5. The van der Waals surface area contributed by atoms with E-state index in [9.17, 15) is 14.4 Å². The maximum Gasteiger partial charge on any atom is 0.330 e. The predicted molar refractivity (Wildman–Crippen MR) is 262 cm³/mol. The van der Waals surface area contributed by atoms with E-state index in [1.54, 1.807) is 0 Å². The molecule has 4 N–H and O–H groups in total. The van der Waals surface area contributed by atoms with Crippen molar-refractivity contribution in [3.8, 4) is 0 Å². The van der Waals surface area contributed by atoms with Crippen molar-refractivity contribution < 1.29 is 23.9 Å². The van der Waals surface area contributed by atoms with Crippen molar-refractivity contribution in [1.82, 2.24) is 20.3 Å².